The quantitative estimate of drug-likeness (QED) is 0.825. The maximum atomic E-state index is 9.15. The molecule has 4 heteroatoms. The first kappa shape index (κ1) is 13.6. The number of nitriles is 1. The Labute approximate surface area is 120 Å². The fourth-order valence-corrected chi connectivity index (χ4v) is 3.39. The number of hydrogen-bond donors (Lipinski definition) is 1. The minimum Gasteiger partial charge on any atom is -0.381 e. The van der Waals surface area contributed by atoms with Crippen molar-refractivity contribution in [3.05, 3.63) is 34.9 Å². The van der Waals surface area contributed by atoms with Gasteiger partial charge in [0, 0.05) is 37.8 Å². The molecule has 106 valence electrons. The Hall–Kier alpha value is -1.41. The number of hydrogen-bond acceptors (Lipinski definition) is 4. The first-order valence-electron chi connectivity index (χ1n) is 7.36. The SMILES string of the molecule is N#CC1=CCC2=C(C=C1)CC(N1CCN(CO)CC1)C2. The smallest absolute Gasteiger partial charge is 0.0988 e. The van der Waals surface area contributed by atoms with E-state index in [2.05, 4.69) is 21.9 Å². The monoisotopic (exact) mass is 271 g/mol. The van der Waals surface area contributed by atoms with Gasteiger partial charge in [-0.05, 0) is 30.9 Å². The van der Waals surface area contributed by atoms with Crippen LogP contribution in [0.1, 0.15) is 19.3 Å². The lowest BCUT2D eigenvalue weighted by atomic mass is 10.1. The van der Waals surface area contributed by atoms with Crippen LogP contribution in [0.3, 0.4) is 0 Å². The van der Waals surface area contributed by atoms with Crippen molar-refractivity contribution < 1.29 is 5.11 Å². The third-order valence-electron chi connectivity index (χ3n) is 4.68. The van der Waals surface area contributed by atoms with Crippen molar-refractivity contribution in [3.8, 4) is 6.07 Å². The first-order chi connectivity index (χ1) is 9.80. The molecule has 1 heterocycles. The van der Waals surface area contributed by atoms with Crippen molar-refractivity contribution in [2.45, 2.75) is 25.3 Å². The van der Waals surface area contributed by atoms with Crippen LogP contribution in [-0.2, 0) is 0 Å². The number of aliphatic hydroxyl groups is 1. The summed E-state index contributed by atoms with van der Waals surface area (Å²) in [5.74, 6) is 0. The highest BCUT2D eigenvalue weighted by atomic mass is 16.3. The summed E-state index contributed by atoms with van der Waals surface area (Å²) in [4.78, 5) is 4.65. The molecule has 0 bridgehead atoms. The molecule has 0 aromatic rings. The Morgan fingerprint density at radius 3 is 2.70 bits per heavy atom. The van der Waals surface area contributed by atoms with Crippen LogP contribution in [-0.4, -0.2) is 53.9 Å². The van der Waals surface area contributed by atoms with E-state index in [0.29, 0.717) is 6.04 Å². The zero-order chi connectivity index (χ0) is 13.9. The zero-order valence-corrected chi connectivity index (χ0v) is 11.8. The number of allylic oxidation sites excluding steroid dienone is 4. The summed E-state index contributed by atoms with van der Waals surface area (Å²) in [6, 6.07) is 2.84. The Balaban J connectivity index is 1.59. The Bertz CT molecular complexity index is 504. The van der Waals surface area contributed by atoms with Crippen LogP contribution in [0.15, 0.2) is 34.9 Å². The molecule has 3 rings (SSSR count). The van der Waals surface area contributed by atoms with E-state index in [9.17, 15) is 0 Å². The molecular weight excluding hydrogens is 250 g/mol. The van der Waals surface area contributed by atoms with Gasteiger partial charge in [0.2, 0.25) is 0 Å². The summed E-state index contributed by atoms with van der Waals surface area (Å²) >= 11 is 0. The third-order valence-corrected chi connectivity index (χ3v) is 4.68. The van der Waals surface area contributed by atoms with Gasteiger partial charge >= 0.3 is 0 Å². The van der Waals surface area contributed by atoms with Gasteiger partial charge in [-0.1, -0.05) is 17.7 Å². The van der Waals surface area contributed by atoms with E-state index in [1.165, 1.54) is 11.1 Å². The number of aliphatic hydroxyl groups excluding tert-OH is 1. The standard InChI is InChI=1S/C16H21N3O/c17-11-13-1-3-14-9-16(10-15(14)4-2-13)19-7-5-18(12-20)6-8-19/h1-3,16,20H,4-10,12H2. The van der Waals surface area contributed by atoms with Gasteiger partial charge in [-0.25, -0.2) is 0 Å². The van der Waals surface area contributed by atoms with Crippen LogP contribution < -0.4 is 0 Å². The van der Waals surface area contributed by atoms with Gasteiger partial charge in [0.1, 0.15) is 0 Å². The molecule has 20 heavy (non-hydrogen) atoms. The van der Waals surface area contributed by atoms with Gasteiger partial charge in [-0.3, -0.25) is 9.80 Å². The molecule has 1 saturated heterocycles. The molecule has 0 aromatic heterocycles. The molecule has 3 aliphatic rings. The van der Waals surface area contributed by atoms with E-state index in [1.807, 2.05) is 12.2 Å². The third kappa shape index (κ3) is 2.71. The summed E-state index contributed by atoms with van der Waals surface area (Å²) in [7, 11) is 0. The number of piperazine rings is 1. The normalized spacial score (nSPS) is 28.0. The number of rotatable bonds is 2. The van der Waals surface area contributed by atoms with Crippen molar-refractivity contribution in [1.82, 2.24) is 9.80 Å². The maximum absolute atomic E-state index is 9.15. The minimum absolute atomic E-state index is 0.178. The summed E-state index contributed by atoms with van der Waals surface area (Å²) in [5, 5.41) is 18.1. The van der Waals surface area contributed by atoms with E-state index in [1.54, 1.807) is 0 Å². The Kier molecular flexibility index (Phi) is 4.02. The summed E-state index contributed by atoms with van der Waals surface area (Å²) < 4.78 is 0. The van der Waals surface area contributed by atoms with Crippen molar-refractivity contribution >= 4 is 0 Å². The van der Waals surface area contributed by atoms with Crippen LogP contribution in [0, 0.1) is 11.3 Å². The Morgan fingerprint density at radius 1 is 1.20 bits per heavy atom. The van der Waals surface area contributed by atoms with Gasteiger partial charge < -0.3 is 5.11 Å². The molecule has 4 nitrogen and oxygen atoms in total. The van der Waals surface area contributed by atoms with Crippen LogP contribution in [0.25, 0.3) is 0 Å². The van der Waals surface area contributed by atoms with Crippen LogP contribution >= 0.6 is 0 Å². The molecule has 2 aliphatic carbocycles. The van der Waals surface area contributed by atoms with Gasteiger partial charge in [-0.2, -0.15) is 5.26 Å². The van der Waals surface area contributed by atoms with Crippen molar-refractivity contribution in [3.63, 3.8) is 0 Å². The van der Waals surface area contributed by atoms with E-state index >= 15 is 0 Å². The second-order valence-corrected chi connectivity index (χ2v) is 5.80. The summed E-state index contributed by atoms with van der Waals surface area (Å²) in [5.41, 5.74) is 3.72. The number of nitrogens with zero attached hydrogens (tertiary/aromatic N) is 3. The van der Waals surface area contributed by atoms with Gasteiger partial charge in [0.05, 0.1) is 12.8 Å². The predicted molar refractivity (Wildman–Crippen MR) is 77.7 cm³/mol. The fraction of sp³-hybridized carbons (Fsp3) is 0.562. The average molecular weight is 271 g/mol. The molecule has 1 N–H and O–H groups in total. The first-order valence-corrected chi connectivity index (χ1v) is 7.36. The molecule has 0 aromatic carbocycles. The van der Waals surface area contributed by atoms with Gasteiger partial charge in [0.15, 0.2) is 0 Å². The molecule has 0 amide bonds. The summed E-state index contributed by atoms with van der Waals surface area (Å²) in [6.07, 6.45) is 9.31. The van der Waals surface area contributed by atoms with E-state index < -0.39 is 0 Å². The topological polar surface area (TPSA) is 50.5 Å². The van der Waals surface area contributed by atoms with Gasteiger partial charge in [-0.15, -0.1) is 0 Å². The van der Waals surface area contributed by atoms with E-state index in [-0.39, 0.29) is 6.73 Å². The van der Waals surface area contributed by atoms with E-state index in [0.717, 1.165) is 51.0 Å². The highest BCUT2D eigenvalue weighted by molar-refractivity contribution is 5.44. The molecule has 1 aliphatic heterocycles. The van der Waals surface area contributed by atoms with Gasteiger partial charge in [0.25, 0.3) is 0 Å². The largest absolute Gasteiger partial charge is 0.381 e. The van der Waals surface area contributed by atoms with Crippen molar-refractivity contribution in [1.29, 1.82) is 5.26 Å². The second-order valence-electron chi connectivity index (χ2n) is 5.80. The second kappa shape index (κ2) is 5.92. The van der Waals surface area contributed by atoms with Crippen LogP contribution in [0.4, 0.5) is 0 Å². The molecule has 0 spiro atoms. The van der Waals surface area contributed by atoms with E-state index in [4.69, 9.17) is 10.4 Å². The Morgan fingerprint density at radius 2 is 2.00 bits per heavy atom. The van der Waals surface area contributed by atoms with Crippen LogP contribution in [0.2, 0.25) is 0 Å². The summed E-state index contributed by atoms with van der Waals surface area (Å²) in [6.45, 7) is 4.21. The highest BCUT2D eigenvalue weighted by Crippen LogP contribution is 2.35. The molecular formula is C16H21N3O. The predicted octanol–water partition coefficient (Wildman–Crippen LogP) is 1.42. The van der Waals surface area contributed by atoms with Crippen molar-refractivity contribution in [2.24, 2.45) is 0 Å². The molecule has 0 saturated carbocycles. The average Bonchev–Trinajstić information content (AvgIpc) is 2.81. The molecule has 1 fully saturated rings. The van der Waals surface area contributed by atoms with Crippen LogP contribution in [0.5, 0.6) is 0 Å². The molecule has 0 radical (unpaired) electrons. The van der Waals surface area contributed by atoms with Crippen molar-refractivity contribution in [2.75, 3.05) is 32.9 Å². The lowest BCUT2D eigenvalue weighted by Gasteiger charge is -2.37. The minimum atomic E-state index is 0.178. The molecule has 1 atom stereocenters. The maximum Gasteiger partial charge on any atom is 0.0988 e. The molecule has 1 unspecified atom stereocenters. The highest BCUT2D eigenvalue weighted by Gasteiger charge is 2.29. The lowest BCUT2D eigenvalue weighted by Crippen LogP contribution is -2.50. The zero-order valence-electron chi connectivity index (χ0n) is 11.8. The fourth-order valence-electron chi connectivity index (χ4n) is 3.39. The lowest BCUT2D eigenvalue weighted by molar-refractivity contribution is 0.0394.